The number of phenols is 1. The average Bonchev–Trinajstić information content (AvgIpc) is 3.35. The van der Waals surface area contributed by atoms with Crippen molar-refractivity contribution in [3.63, 3.8) is 0 Å². The number of phenolic OH excluding ortho intramolecular Hbond substituents is 1. The Bertz CT molecular complexity index is 1190. The fraction of sp³-hybridized carbons (Fsp3) is 0.0526. The maximum atomic E-state index is 10.2. The van der Waals surface area contributed by atoms with Crippen LogP contribution in [0.1, 0.15) is 5.56 Å². The molecule has 0 atom stereocenters. The second-order valence-corrected chi connectivity index (χ2v) is 6.23. The quantitative estimate of drug-likeness (QED) is 0.356. The number of aromatic hydroxyl groups is 1. The lowest BCUT2D eigenvalue weighted by molar-refractivity contribution is 0.373. The van der Waals surface area contributed by atoms with Gasteiger partial charge >= 0.3 is 0 Å². The van der Waals surface area contributed by atoms with Gasteiger partial charge in [-0.1, -0.05) is 36.4 Å². The molecule has 2 aromatic heterocycles. The molecule has 4 aromatic rings. The molecule has 9 heteroatoms. The average molecular weight is 392 g/mol. The Morgan fingerprint density at radius 2 is 1.93 bits per heavy atom. The van der Waals surface area contributed by atoms with Crippen molar-refractivity contribution in [3.05, 3.63) is 64.9 Å². The molecule has 4 rings (SSSR count). The lowest BCUT2D eigenvalue weighted by atomic mass is 10.1. The van der Waals surface area contributed by atoms with E-state index in [4.69, 9.17) is 17.0 Å². The van der Waals surface area contributed by atoms with Crippen LogP contribution < -0.4 is 4.74 Å². The molecule has 0 saturated carbocycles. The number of H-pyrrole nitrogens is 2. The maximum Gasteiger partial charge on any atom is 0.216 e. The van der Waals surface area contributed by atoms with Gasteiger partial charge in [0.15, 0.2) is 11.5 Å². The summed E-state index contributed by atoms with van der Waals surface area (Å²) in [5.41, 5.74) is 2.90. The minimum atomic E-state index is -0.00165. The first-order chi connectivity index (χ1) is 13.7. The first kappa shape index (κ1) is 17.7. The number of nitrogens with zero attached hydrogens (tertiary/aromatic N) is 4. The van der Waals surface area contributed by atoms with Crippen molar-refractivity contribution in [1.29, 1.82) is 0 Å². The van der Waals surface area contributed by atoms with Crippen LogP contribution in [0.2, 0.25) is 0 Å². The molecule has 3 N–H and O–H groups in total. The second-order valence-electron chi connectivity index (χ2n) is 5.84. The third kappa shape index (κ3) is 3.30. The van der Waals surface area contributed by atoms with E-state index < -0.39 is 0 Å². The van der Waals surface area contributed by atoms with Crippen molar-refractivity contribution in [2.45, 2.75) is 0 Å². The topological polar surface area (TPSA) is 104 Å². The van der Waals surface area contributed by atoms with Crippen molar-refractivity contribution < 1.29 is 9.84 Å². The Kier molecular flexibility index (Phi) is 4.73. The zero-order chi connectivity index (χ0) is 19.5. The SMILES string of the molecule is COc1cccc(C=Nn2c(-c3cc(-c4ccccc4)n[nH]3)n[nH]c2=S)c1O. The predicted octanol–water partition coefficient (Wildman–Crippen LogP) is 3.59. The number of nitrogens with one attached hydrogen (secondary N) is 2. The second kappa shape index (κ2) is 7.49. The molecule has 140 valence electrons. The molecule has 0 aliphatic carbocycles. The monoisotopic (exact) mass is 392 g/mol. The predicted molar refractivity (Wildman–Crippen MR) is 108 cm³/mol. The lowest BCUT2D eigenvalue weighted by Crippen LogP contribution is -1.96. The van der Waals surface area contributed by atoms with Crippen molar-refractivity contribution in [2.24, 2.45) is 5.10 Å². The van der Waals surface area contributed by atoms with Crippen LogP contribution in [-0.4, -0.2) is 43.5 Å². The van der Waals surface area contributed by atoms with Gasteiger partial charge in [0.1, 0.15) is 5.69 Å². The van der Waals surface area contributed by atoms with E-state index in [0.29, 0.717) is 27.6 Å². The highest BCUT2D eigenvalue weighted by atomic mass is 32.1. The standard InChI is InChI=1S/C19H16N6O2S/c1-27-16-9-5-8-13(17(16)26)11-20-25-18(23-24-19(25)28)15-10-14(21-22-15)12-6-3-2-4-7-12/h2-11,26H,1H3,(H,21,22)(H,24,28). The van der Waals surface area contributed by atoms with Gasteiger partial charge in [0, 0.05) is 11.1 Å². The van der Waals surface area contributed by atoms with Crippen LogP contribution in [-0.2, 0) is 0 Å². The van der Waals surface area contributed by atoms with E-state index in [-0.39, 0.29) is 5.75 Å². The number of hydrogen-bond acceptors (Lipinski definition) is 6. The van der Waals surface area contributed by atoms with E-state index in [2.05, 4.69) is 25.5 Å². The molecule has 2 heterocycles. The number of para-hydroxylation sites is 1. The number of benzene rings is 2. The minimum Gasteiger partial charge on any atom is -0.504 e. The van der Waals surface area contributed by atoms with Crippen molar-refractivity contribution >= 4 is 18.4 Å². The van der Waals surface area contributed by atoms with Crippen molar-refractivity contribution in [1.82, 2.24) is 25.1 Å². The van der Waals surface area contributed by atoms with Crippen LogP contribution in [0.4, 0.5) is 0 Å². The first-order valence-electron chi connectivity index (χ1n) is 8.36. The summed E-state index contributed by atoms with van der Waals surface area (Å²) >= 11 is 5.28. The van der Waals surface area contributed by atoms with E-state index in [0.717, 1.165) is 11.3 Å². The van der Waals surface area contributed by atoms with Crippen LogP contribution in [0.25, 0.3) is 22.8 Å². The van der Waals surface area contributed by atoms with Crippen LogP contribution in [0.5, 0.6) is 11.5 Å². The highest BCUT2D eigenvalue weighted by Crippen LogP contribution is 2.28. The molecule has 8 nitrogen and oxygen atoms in total. The molecular weight excluding hydrogens is 376 g/mol. The van der Waals surface area contributed by atoms with E-state index in [1.807, 2.05) is 36.4 Å². The third-order valence-corrected chi connectivity index (χ3v) is 4.37. The smallest absolute Gasteiger partial charge is 0.216 e. The zero-order valence-corrected chi connectivity index (χ0v) is 15.6. The number of rotatable bonds is 5. The normalized spacial score (nSPS) is 11.2. The van der Waals surface area contributed by atoms with Crippen LogP contribution >= 0.6 is 12.2 Å². The molecular formula is C19H16N6O2S. The molecule has 0 amide bonds. The highest BCUT2D eigenvalue weighted by Gasteiger charge is 2.13. The Labute approximate surface area is 165 Å². The van der Waals surface area contributed by atoms with E-state index in [1.165, 1.54) is 18.0 Å². The molecule has 2 aromatic carbocycles. The summed E-state index contributed by atoms with van der Waals surface area (Å²) in [5, 5.41) is 28.8. The van der Waals surface area contributed by atoms with Crippen molar-refractivity contribution in [2.75, 3.05) is 7.11 Å². The van der Waals surface area contributed by atoms with Crippen LogP contribution in [0, 0.1) is 4.77 Å². The molecule has 0 fully saturated rings. The Morgan fingerprint density at radius 1 is 1.11 bits per heavy atom. The van der Waals surface area contributed by atoms with Gasteiger partial charge in [0.25, 0.3) is 0 Å². The lowest BCUT2D eigenvalue weighted by Gasteiger charge is -2.05. The van der Waals surface area contributed by atoms with Gasteiger partial charge in [0.2, 0.25) is 10.6 Å². The minimum absolute atomic E-state index is 0.00165. The molecule has 0 aliphatic rings. The van der Waals surface area contributed by atoms with E-state index in [1.54, 1.807) is 18.2 Å². The maximum absolute atomic E-state index is 10.2. The van der Waals surface area contributed by atoms with Gasteiger partial charge in [-0.3, -0.25) is 5.10 Å². The van der Waals surface area contributed by atoms with E-state index >= 15 is 0 Å². The molecule has 0 radical (unpaired) electrons. The summed E-state index contributed by atoms with van der Waals surface area (Å²) < 4.78 is 6.88. The summed E-state index contributed by atoms with van der Waals surface area (Å²) in [7, 11) is 1.49. The van der Waals surface area contributed by atoms with Gasteiger partial charge in [-0.15, -0.1) is 0 Å². The largest absolute Gasteiger partial charge is 0.504 e. The Balaban J connectivity index is 1.70. The van der Waals surface area contributed by atoms with Crippen LogP contribution in [0.3, 0.4) is 0 Å². The zero-order valence-electron chi connectivity index (χ0n) is 14.8. The van der Waals surface area contributed by atoms with Crippen molar-refractivity contribution in [3.8, 4) is 34.3 Å². The van der Waals surface area contributed by atoms with Gasteiger partial charge in [-0.25, -0.2) is 5.10 Å². The van der Waals surface area contributed by atoms with Gasteiger partial charge in [-0.2, -0.15) is 20.0 Å². The van der Waals surface area contributed by atoms with Gasteiger partial charge in [-0.05, 0) is 30.4 Å². The highest BCUT2D eigenvalue weighted by molar-refractivity contribution is 7.71. The number of aromatic nitrogens is 5. The Morgan fingerprint density at radius 3 is 2.71 bits per heavy atom. The van der Waals surface area contributed by atoms with E-state index in [9.17, 15) is 5.11 Å². The number of ether oxygens (including phenoxy) is 1. The first-order valence-corrected chi connectivity index (χ1v) is 8.77. The molecule has 0 aliphatic heterocycles. The van der Waals surface area contributed by atoms with Crippen LogP contribution in [0.15, 0.2) is 59.7 Å². The Hall–Kier alpha value is -3.72. The molecule has 28 heavy (non-hydrogen) atoms. The molecule has 0 spiro atoms. The summed E-state index contributed by atoms with van der Waals surface area (Å²) in [6, 6.07) is 16.8. The summed E-state index contributed by atoms with van der Waals surface area (Å²) in [4.78, 5) is 0. The number of methoxy groups -OCH3 is 1. The molecule has 0 saturated heterocycles. The third-order valence-electron chi connectivity index (χ3n) is 4.10. The number of aromatic amines is 2. The summed E-state index contributed by atoms with van der Waals surface area (Å²) in [6.07, 6.45) is 1.49. The van der Waals surface area contributed by atoms with Gasteiger partial charge in [0.05, 0.1) is 19.0 Å². The molecule has 0 unspecified atom stereocenters. The van der Waals surface area contributed by atoms with Gasteiger partial charge < -0.3 is 9.84 Å². The number of hydrogen-bond donors (Lipinski definition) is 3. The fourth-order valence-electron chi connectivity index (χ4n) is 2.69. The fourth-order valence-corrected chi connectivity index (χ4v) is 2.87. The summed E-state index contributed by atoms with van der Waals surface area (Å²) in [5.74, 6) is 0.831. The summed E-state index contributed by atoms with van der Waals surface area (Å²) in [6.45, 7) is 0. The molecule has 0 bridgehead atoms.